The van der Waals surface area contributed by atoms with Crippen molar-refractivity contribution in [1.82, 2.24) is 4.98 Å². The fourth-order valence-electron chi connectivity index (χ4n) is 1.42. The molecule has 1 aromatic heterocycles. The van der Waals surface area contributed by atoms with Gasteiger partial charge in [0.05, 0.1) is 11.3 Å². The second kappa shape index (κ2) is 8.41. The predicted octanol–water partition coefficient (Wildman–Crippen LogP) is 6.11. The quantitative estimate of drug-likeness (QED) is 0.386. The number of aromatic nitrogens is 1. The second-order valence-electron chi connectivity index (χ2n) is 3.70. The van der Waals surface area contributed by atoms with E-state index in [0.717, 1.165) is 24.3 Å². The summed E-state index contributed by atoms with van der Waals surface area (Å²) in [6, 6.07) is 4.62. The molecule has 2 aromatic rings. The van der Waals surface area contributed by atoms with Crippen molar-refractivity contribution >= 4 is 28.8 Å². The summed E-state index contributed by atoms with van der Waals surface area (Å²) in [5.74, 6) is -1.63. The summed E-state index contributed by atoms with van der Waals surface area (Å²) in [6.07, 6.45) is -3.88. The van der Waals surface area contributed by atoms with E-state index >= 15 is 0 Å². The molecule has 0 N–H and O–H groups in total. The first-order valence-electron chi connectivity index (χ1n) is 5.24. The molecule has 10 heteroatoms. The van der Waals surface area contributed by atoms with Crippen molar-refractivity contribution in [3.63, 3.8) is 0 Å². The van der Waals surface area contributed by atoms with Crippen LogP contribution in [0.15, 0.2) is 36.5 Å². The van der Waals surface area contributed by atoms with Gasteiger partial charge in [-0.2, -0.15) is 13.2 Å². The van der Waals surface area contributed by atoms with Crippen LogP contribution in [-0.2, 0) is 19.6 Å². The summed E-state index contributed by atoms with van der Waals surface area (Å²) in [6.45, 7) is 0. The van der Waals surface area contributed by atoms with E-state index in [9.17, 15) is 22.0 Å². The first kappa shape index (κ1) is 19.6. The molecule has 0 radical (unpaired) electrons. The molecule has 1 aromatic carbocycles. The van der Waals surface area contributed by atoms with Crippen molar-refractivity contribution < 1.29 is 35.4 Å². The number of pyridine rings is 1. The molecule has 0 aliphatic rings. The first-order chi connectivity index (χ1) is 10.1. The molecule has 0 unspecified atom stereocenters. The van der Waals surface area contributed by atoms with Gasteiger partial charge in [0.2, 0.25) is 0 Å². The van der Waals surface area contributed by atoms with Crippen molar-refractivity contribution in [2.45, 2.75) is 6.18 Å². The average molecular weight is 558 g/mol. The van der Waals surface area contributed by atoms with Crippen molar-refractivity contribution in [1.29, 1.82) is 0 Å². The number of hydrogen-bond acceptors (Lipinski definition) is 1. The predicted molar refractivity (Wildman–Crippen MR) is 72.2 cm³/mol. The normalized spacial score (nSPS) is 11.5. The van der Waals surface area contributed by atoms with E-state index in [1.54, 1.807) is 0 Å². The zero-order chi connectivity index (χ0) is 16.9. The molecule has 0 bridgehead atoms. The molecule has 0 aliphatic heterocycles. The van der Waals surface area contributed by atoms with E-state index < -0.39 is 36.8 Å². The minimum atomic E-state index is -4.49. The summed E-state index contributed by atoms with van der Waals surface area (Å²) in [5, 5.41) is 0. The number of halogens is 8. The third-order valence-electron chi connectivity index (χ3n) is 2.30. The van der Waals surface area contributed by atoms with Crippen LogP contribution < -0.4 is 0 Å². The number of benzene rings is 1. The van der Waals surface area contributed by atoms with E-state index in [2.05, 4.69) is 4.98 Å². The maximum atomic E-state index is 13.4. The van der Waals surface area contributed by atoms with Crippen LogP contribution in [-0.4, -0.2) is 4.98 Å². The van der Waals surface area contributed by atoms with Gasteiger partial charge in [-0.3, -0.25) is 4.98 Å². The Hall–Kier alpha value is -0.461. The van der Waals surface area contributed by atoms with Gasteiger partial charge in [0, 0.05) is 17.8 Å². The molecule has 0 spiro atoms. The molecular formula is C12H6Cl3F5IrN. The third kappa shape index (κ3) is 6.34. The van der Waals surface area contributed by atoms with Gasteiger partial charge in [-0.25, -0.2) is 8.78 Å². The van der Waals surface area contributed by atoms with Crippen LogP contribution in [0.2, 0.25) is 0 Å². The molecule has 22 heavy (non-hydrogen) atoms. The molecule has 0 fully saturated rings. The van der Waals surface area contributed by atoms with Crippen molar-refractivity contribution in [3.8, 4) is 11.3 Å². The Bertz CT molecular complexity index is 616. The number of hydrogen-bond donors (Lipinski definition) is 0. The van der Waals surface area contributed by atoms with Crippen LogP contribution in [0.3, 0.4) is 0 Å². The molecule has 0 atom stereocenters. The van der Waals surface area contributed by atoms with E-state index in [-0.39, 0.29) is 11.3 Å². The van der Waals surface area contributed by atoms with Crippen LogP contribution in [0, 0.1) is 11.6 Å². The van der Waals surface area contributed by atoms with Gasteiger partial charge < -0.3 is 0 Å². The number of alkyl halides is 3. The molecule has 0 saturated carbocycles. The summed E-state index contributed by atoms with van der Waals surface area (Å²) in [7, 11) is 14.9. The minimum absolute atomic E-state index is 0.0144. The van der Waals surface area contributed by atoms with Gasteiger partial charge >= 0.3 is 48.4 Å². The van der Waals surface area contributed by atoms with E-state index in [1.807, 2.05) is 0 Å². The summed E-state index contributed by atoms with van der Waals surface area (Å²) >= 11 is -1.92. The van der Waals surface area contributed by atoms with Crippen LogP contribution in [0.25, 0.3) is 11.3 Å². The van der Waals surface area contributed by atoms with Crippen molar-refractivity contribution in [2.75, 3.05) is 0 Å². The SMILES string of the molecule is Fc1ccc(-c2ccc(C(F)(F)F)cn2)c(F)c1.[Cl][Ir]([Cl])[Cl]. The second-order valence-corrected chi connectivity index (χ2v) is 14.1. The van der Waals surface area contributed by atoms with Crippen molar-refractivity contribution in [3.05, 3.63) is 53.7 Å². The Morgan fingerprint density at radius 2 is 1.55 bits per heavy atom. The van der Waals surface area contributed by atoms with Gasteiger partial charge in [-0.1, -0.05) is 0 Å². The fourth-order valence-corrected chi connectivity index (χ4v) is 1.42. The zero-order valence-corrected chi connectivity index (χ0v) is 14.9. The topological polar surface area (TPSA) is 12.9 Å². The van der Waals surface area contributed by atoms with Crippen LogP contribution in [0.4, 0.5) is 22.0 Å². The standard InChI is InChI=1S/C12H6F5N.3ClH.Ir/c13-8-2-3-9(10(14)5-8)11-4-1-7(6-18-11)12(15,16)17;;;;/h1-6H;3*1H;/q;;;;+3/p-3. The number of nitrogens with zero attached hydrogens (tertiary/aromatic N) is 1. The van der Waals surface area contributed by atoms with Crippen molar-refractivity contribution in [2.24, 2.45) is 0 Å². The van der Waals surface area contributed by atoms with E-state index in [1.165, 1.54) is 0 Å². The van der Waals surface area contributed by atoms with Crippen LogP contribution in [0.1, 0.15) is 5.56 Å². The first-order valence-corrected chi connectivity index (χ1v) is 14.1. The third-order valence-corrected chi connectivity index (χ3v) is 2.30. The Morgan fingerprint density at radius 3 is 1.95 bits per heavy atom. The summed E-state index contributed by atoms with van der Waals surface area (Å²) in [5.41, 5.74) is -0.959. The van der Waals surface area contributed by atoms with Gasteiger partial charge in [0.1, 0.15) is 11.6 Å². The summed E-state index contributed by atoms with van der Waals surface area (Å²) in [4.78, 5) is 3.52. The van der Waals surface area contributed by atoms with Crippen LogP contribution >= 0.6 is 28.8 Å². The van der Waals surface area contributed by atoms with E-state index in [0.29, 0.717) is 12.3 Å². The molecule has 1 heterocycles. The van der Waals surface area contributed by atoms with Gasteiger partial charge in [-0.15, -0.1) is 0 Å². The molecule has 1 nitrogen and oxygen atoms in total. The Balaban J connectivity index is 0.000000541. The Labute approximate surface area is 140 Å². The molecule has 124 valence electrons. The zero-order valence-electron chi connectivity index (χ0n) is 10.3. The number of rotatable bonds is 1. The maximum absolute atomic E-state index is 13.4. The molecule has 0 amide bonds. The van der Waals surface area contributed by atoms with E-state index in [4.69, 9.17) is 28.8 Å². The Morgan fingerprint density at radius 1 is 0.955 bits per heavy atom. The molecule has 2 rings (SSSR count). The molecule has 0 aliphatic carbocycles. The summed E-state index contributed by atoms with van der Waals surface area (Å²) < 4.78 is 62.9. The average Bonchev–Trinajstić information content (AvgIpc) is 2.37. The molecule has 0 saturated heterocycles. The van der Waals surface area contributed by atoms with Crippen LogP contribution in [0.5, 0.6) is 0 Å². The fraction of sp³-hybridized carbons (Fsp3) is 0.0833. The Kier molecular flexibility index (Phi) is 7.49. The monoisotopic (exact) mass is 557 g/mol. The van der Waals surface area contributed by atoms with Gasteiger partial charge in [0.25, 0.3) is 0 Å². The molecular weight excluding hydrogens is 552 g/mol. The van der Waals surface area contributed by atoms with Gasteiger partial charge in [0.15, 0.2) is 0 Å². The van der Waals surface area contributed by atoms with Gasteiger partial charge in [-0.05, 0) is 24.3 Å².